The summed E-state index contributed by atoms with van der Waals surface area (Å²) in [5.74, 6) is -0.939. The number of aromatic nitrogens is 1. The van der Waals surface area contributed by atoms with Gasteiger partial charge in [0.05, 0.1) is 0 Å². The Morgan fingerprint density at radius 1 is 1.04 bits per heavy atom. The van der Waals surface area contributed by atoms with Crippen molar-refractivity contribution >= 4 is 17.6 Å². The Morgan fingerprint density at radius 3 is 2.35 bits per heavy atom. The van der Waals surface area contributed by atoms with Gasteiger partial charge in [0, 0.05) is 45.6 Å². The summed E-state index contributed by atoms with van der Waals surface area (Å²) in [5, 5.41) is 0. The first-order chi connectivity index (χ1) is 12.4. The number of pyridine rings is 1. The van der Waals surface area contributed by atoms with Crippen LogP contribution in [0.4, 0.5) is 5.69 Å². The molecule has 7 heteroatoms. The predicted octanol–water partition coefficient (Wildman–Crippen LogP) is 1.12. The number of amides is 1. The molecule has 26 heavy (non-hydrogen) atoms. The van der Waals surface area contributed by atoms with E-state index in [0.29, 0.717) is 6.54 Å². The molecule has 0 radical (unpaired) electrons. The van der Waals surface area contributed by atoms with Crippen molar-refractivity contribution in [3.05, 3.63) is 64.6 Å². The van der Waals surface area contributed by atoms with E-state index in [4.69, 9.17) is 4.74 Å². The van der Waals surface area contributed by atoms with Gasteiger partial charge in [-0.05, 0) is 23.8 Å². The van der Waals surface area contributed by atoms with Gasteiger partial charge >= 0.3 is 5.97 Å². The van der Waals surface area contributed by atoms with E-state index in [-0.39, 0.29) is 24.6 Å². The Balaban J connectivity index is 1.82. The van der Waals surface area contributed by atoms with Crippen LogP contribution in [0, 0.1) is 0 Å². The Hall–Kier alpha value is -3.09. The molecule has 7 nitrogen and oxygen atoms in total. The third kappa shape index (κ3) is 5.47. The van der Waals surface area contributed by atoms with E-state index < -0.39 is 5.97 Å². The van der Waals surface area contributed by atoms with Crippen molar-refractivity contribution in [2.24, 2.45) is 0 Å². The van der Waals surface area contributed by atoms with Crippen LogP contribution in [-0.2, 0) is 27.4 Å². The average molecular weight is 357 g/mol. The summed E-state index contributed by atoms with van der Waals surface area (Å²) in [4.78, 5) is 38.9. The minimum absolute atomic E-state index is 0.220. The lowest BCUT2D eigenvalue weighted by atomic mass is 10.2. The number of ether oxygens (including phenoxy) is 1. The molecular weight excluding hydrogens is 334 g/mol. The molecule has 1 heterocycles. The summed E-state index contributed by atoms with van der Waals surface area (Å²) in [5.41, 5.74) is 1.76. The fourth-order valence-electron chi connectivity index (χ4n) is 2.29. The van der Waals surface area contributed by atoms with Crippen LogP contribution >= 0.6 is 0 Å². The second-order valence-electron chi connectivity index (χ2n) is 6.14. The van der Waals surface area contributed by atoms with Crippen LogP contribution in [0.25, 0.3) is 0 Å². The van der Waals surface area contributed by atoms with E-state index in [1.807, 2.05) is 43.3 Å². The number of esters is 1. The molecule has 0 fully saturated rings. The number of carbonyl (C=O) groups is 2. The number of hydrogen-bond acceptors (Lipinski definition) is 5. The zero-order valence-electron chi connectivity index (χ0n) is 15.2. The van der Waals surface area contributed by atoms with E-state index in [9.17, 15) is 14.4 Å². The molecule has 2 rings (SSSR count). The maximum absolute atomic E-state index is 12.1. The molecule has 0 N–H and O–H groups in total. The Bertz CT molecular complexity index is 812. The van der Waals surface area contributed by atoms with E-state index in [0.717, 1.165) is 11.3 Å². The van der Waals surface area contributed by atoms with Crippen LogP contribution in [0.1, 0.15) is 5.56 Å². The van der Waals surface area contributed by atoms with E-state index in [1.54, 1.807) is 19.2 Å². The van der Waals surface area contributed by atoms with Gasteiger partial charge in [0.25, 0.3) is 11.5 Å². The number of nitrogens with zero attached hydrogens (tertiary/aromatic N) is 3. The molecule has 0 aliphatic rings. The first-order valence-electron chi connectivity index (χ1n) is 8.18. The van der Waals surface area contributed by atoms with E-state index in [2.05, 4.69) is 0 Å². The topological polar surface area (TPSA) is 71.8 Å². The van der Waals surface area contributed by atoms with Gasteiger partial charge in [-0.2, -0.15) is 0 Å². The van der Waals surface area contributed by atoms with Crippen molar-refractivity contribution in [2.45, 2.75) is 13.1 Å². The average Bonchev–Trinajstić information content (AvgIpc) is 2.62. The summed E-state index contributed by atoms with van der Waals surface area (Å²) in [7, 11) is 5.57. The highest BCUT2D eigenvalue weighted by Gasteiger charge is 2.13. The number of anilines is 1. The van der Waals surface area contributed by atoms with Crippen LogP contribution in [0.5, 0.6) is 0 Å². The monoisotopic (exact) mass is 357 g/mol. The standard InChI is InChI=1S/C19H23N3O4/c1-20(2)16-9-7-15(8-10-16)12-21(3)18(24)14-26-19(25)13-22-11-5-4-6-17(22)23/h4-11H,12-14H2,1-3H3. The molecule has 0 bridgehead atoms. The van der Waals surface area contributed by atoms with E-state index in [1.165, 1.54) is 21.7 Å². The van der Waals surface area contributed by atoms with Crippen LogP contribution in [-0.4, -0.2) is 49.1 Å². The third-order valence-corrected chi connectivity index (χ3v) is 3.85. The van der Waals surface area contributed by atoms with Crippen LogP contribution < -0.4 is 10.5 Å². The molecule has 0 spiro atoms. The fourth-order valence-corrected chi connectivity index (χ4v) is 2.29. The molecule has 138 valence electrons. The minimum atomic E-state index is -0.629. The highest BCUT2D eigenvalue weighted by atomic mass is 16.5. The highest BCUT2D eigenvalue weighted by molar-refractivity contribution is 5.80. The van der Waals surface area contributed by atoms with Crippen molar-refractivity contribution in [1.29, 1.82) is 0 Å². The Morgan fingerprint density at radius 2 is 1.73 bits per heavy atom. The molecule has 0 unspecified atom stereocenters. The van der Waals surface area contributed by atoms with Gasteiger partial charge in [-0.3, -0.25) is 14.4 Å². The number of likely N-dealkylation sites (N-methyl/N-ethyl adjacent to an activating group) is 1. The van der Waals surface area contributed by atoms with Gasteiger partial charge in [-0.25, -0.2) is 0 Å². The van der Waals surface area contributed by atoms with Crippen molar-refractivity contribution in [3.8, 4) is 0 Å². The summed E-state index contributed by atoms with van der Waals surface area (Å²) < 4.78 is 6.20. The maximum Gasteiger partial charge on any atom is 0.326 e. The van der Waals surface area contributed by atoms with Crippen LogP contribution in [0.2, 0.25) is 0 Å². The van der Waals surface area contributed by atoms with Crippen molar-refractivity contribution in [1.82, 2.24) is 9.47 Å². The molecule has 1 aromatic heterocycles. The largest absolute Gasteiger partial charge is 0.454 e. The molecule has 0 aliphatic carbocycles. The summed E-state index contributed by atoms with van der Waals surface area (Å²) in [6.07, 6.45) is 1.49. The lowest BCUT2D eigenvalue weighted by Gasteiger charge is -2.18. The number of hydrogen-bond donors (Lipinski definition) is 0. The molecule has 0 aliphatic heterocycles. The fraction of sp³-hybridized carbons (Fsp3) is 0.316. The van der Waals surface area contributed by atoms with Crippen molar-refractivity contribution in [3.63, 3.8) is 0 Å². The van der Waals surface area contributed by atoms with Gasteiger partial charge < -0.3 is 19.1 Å². The lowest BCUT2D eigenvalue weighted by molar-refractivity contribution is -0.152. The lowest BCUT2D eigenvalue weighted by Crippen LogP contribution is -2.32. The maximum atomic E-state index is 12.1. The van der Waals surface area contributed by atoms with Gasteiger partial charge in [0.15, 0.2) is 6.61 Å². The summed E-state index contributed by atoms with van der Waals surface area (Å²) in [6.45, 7) is -0.155. The Labute approximate surface area is 152 Å². The highest BCUT2D eigenvalue weighted by Crippen LogP contribution is 2.13. The number of carbonyl (C=O) groups excluding carboxylic acids is 2. The molecule has 1 amide bonds. The Kier molecular flexibility index (Phi) is 6.54. The predicted molar refractivity (Wildman–Crippen MR) is 98.9 cm³/mol. The smallest absolute Gasteiger partial charge is 0.326 e. The second-order valence-corrected chi connectivity index (χ2v) is 6.14. The molecule has 0 atom stereocenters. The van der Waals surface area contributed by atoms with Crippen LogP contribution in [0.15, 0.2) is 53.5 Å². The number of benzene rings is 1. The minimum Gasteiger partial charge on any atom is -0.454 e. The van der Waals surface area contributed by atoms with Crippen molar-refractivity contribution < 1.29 is 14.3 Å². The van der Waals surface area contributed by atoms with Gasteiger partial charge in [0.1, 0.15) is 6.54 Å². The SMILES string of the molecule is CN(Cc1ccc(N(C)C)cc1)C(=O)COC(=O)Cn1ccccc1=O. The zero-order valence-corrected chi connectivity index (χ0v) is 15.2. The quantitative estimate of drug-likeness (QED) is 0.695. The summed E-state index contributed by atoms with van der Waals surface area (Å²) >= 11 is 0. The number of rotatable bonds is 7. The molecular formula is C19H23N3O4. The first kappa shape index (κ1) is 19.2. The van der Waals surface area contributed by atoms with Crippen molar-refractivity contribution in [2.75, 3.05) is 32.6 Å². The normalized spacial score (nSPS) is 10.3. The van der Waals surface area contributed by atoms with E-state index >= 15 is 0 Å². The second kappa shape index (κ2) is 8.84. The van der Waals surface area contributed by atoms with Crippen LogP contribution in [0.3, 0.4) is 0 Å². The van der Waals surface area contributed by atoms with Gasteiger partial charge in [0.2, 0.25) is 0 Å². The molecule has 2 aromatic rings. The third-order valence-electron chi connectivity index (χ3n) is 3.85. The molecule has 1 aromatic carbocycles. The molecule has 0 saturated carbocycles. The zero-order chi connectivity index (χ0) is 19.1. The van der Waals surface area contributed by atoms with Gasteiger partial charge in [-0.1, -0.05) is 18.2 Å². The summed E-state index contributed by atoms with van der Waals surface area (Å²) in [6, 6.07) is 12.5. The molecule has 0 saturated heterocycles. The van der Waals surface area contributed by atoms with Gasteiger partial charge in [-0.15, -0.1) is 0 Å². The first-order valence-corrected chi connectivity index (χ1v) is 8.18.